The van der Waals surface area contributed by atoms with E-state index in [0.29, 0.717) is 5.69 Å². The van der Waals surface area contributed by atoms with Gasteiger partial charge in [-0.15, -0.1) is 0 Å². The van der Waals surface area contributed by atoms with E-state index in [2.05, 4.69) is 31.1 Å². The van der Waals surface area contributed by atoms with Crippen LogP contribution in [0, 0.1) is 0 Å². The SMILES string of the molecule is CCCNc1ccnc(C(=O)N(CCC)CCC)c1. The van der Waals surface area contributed by atoms with Crippen molar-refractivity contribution < 1.29 is 4.79 Å². The van der Waals surface area contributed by atoms with Crippen LogP contribution in [0.15, 0.2) is 18.3 Å². The molecular formula is C15H25N3O. The maximum atomic E-state index is 12.4. The van der Waals surface area contributed by atoms with Crippen molar-refractivity contribution in [3.05, 3.63) is 24.0 Å². The summed E-state index contributed by atoms with van der Waals surface area (Å²) < 4.78 is 0. The van der Waals surface area contributed by atoms with Gasteiger partial charge in [-0.3, -0.25) is 9.78 Å². The molecule has 0 bridgehead atoms. The molecule has 0 saturated carbocycles. The van der Waals surface area contributed by atoms with E-state index in [0.717, 1.165) is 44.6 Å². The van der Waals surface area contributed by atoms with Gasteiger partial charge in [-0.2, -0.15) is 0 Å². The highest BCUT2D eigenvalue weighted by atomic mass is 16.2. The smallest absolute Gasteiger partial charge is 0.272 e. The summed E-state index contributed by atoms with van der Waals surface area (Å²) in [6.45, 7) is 8.78. The van der Waals surface area contributed by atoms with Gasteiger partial charge in [0.15, 0.2) is 0 Å². The fourth-order valence-electron chi connectivity index (χ4n) is 1.94. The highest BCUT2D eigenvalue weighted by Gasteiger charge is 2.15. The Kier molecular flexibility index (Phi) is 6.93. The lowest BCUT2D eigenvalue weighted by molar-refractivity contribution is 0.0750. The average molecular weight is 263 g/mol. The first-order chi connectivity index (χ1) is 9.22. The van der Waals surface area contributed by atoms with E-state index in [4.69, 9.17) is 0 Å². The minimum absolute atomic E-state index is 0.0313. The van der Waals surface area contributed by atoms with E-state index in [1.54, 1.807) is 6.20 Å². The lowest BCUT2D eigenvalue weighted by atomic mass is 10.2. The lowest BCUT2D eigenvalue weighted by Gasteiger charge is -2.21. The molecule has 0 unspecified atom stereocenters. The second-order valence-corrected chi connectivity index (χ2v) is 4.65. The van der Waals surface area contributed by atoms with Crippen molar-refractivity contribution in [1.82, 2.24) is 9.88 Å². The molecule has 0 aliphatic carbocycles. The van der Waals surface area contributed by atoms with E-state index in [1.807, 2.05) is 17.0 Å². The number of hydrogen-bond donors (Lipinski definition) is 1. The number of carbonyl (C=O) groups is 1. The van der Waals surface area contributed by atoms with Gasteiger partial charge in [-0.1, -0.05) is 20.8 Å². The zero-order chi connectivity index (χ0) is 14.1. The minimum Gasteiger partial charge on any atom is -0.385 e. The van der Waals surface area contributed by atoms with Crippen LogP contribution in [0.4, 0.5) is 5.69 Å². The van der Waals surface area contributed by atoms with Gasteiger partial charge in [0.2, 0.25) is 0 Å². The third-order valence-corrected chi connectivity index (χ3v) is 2.83. The van der Waals surface area contributed by atoms with Gasteiger partial charge in [0.25, 0.3) is 5.91 Å². The van der Waals surface area contributed by atoms with Crippen molar-refractivity contribution in [2.24, 2.45) is 0 Å². The number of aromatic nitrogens is 1. The monoisotopic (exact) mass is 263 g/mol. The first-order valence-corrected chi connectivity index (χ1v) is 7.22. The number of nitrogens with one attached hydrogen (secondary N) is 1. The molecule has 0 saturated heterocycles. The quantitative estimate of drug-likeness (QED) is 0.783. The maximum absolute atomic E-state index is 12.4. The van der Waals surface area contributed by atoms with E-state index >= 15 is 0 Å². The van der Waals surface area contributed by atoms with E-state index in [-0.39, 0.29) is 5.91 Å². The lowest BCUT2D eigenvalue weighted by Crippen LogP contribution is -2.33. The predicted molar refractivity (Wildman–Crippen MR) is 79.5 cm³/mol. The molecule has 0 aliphatic rings. The number of rotatable bonds is 8. The highest BCUT2D eigenvalue weighted by molar-refractivity contribution is 5.93. The zero-order valence-corrected chi connectivity index (χ0v) is 12.3. The second-order valence-electron chi connectivity index (χ2n) is 4.65. The van der Waals surface area contributed by atoms with E-state index in [9.17, 15) is 4.79 Å². The molecular weight excluding hydrogens is 238 g/mol. The molecule has 1 aromatic heterocycles. The summed E-state index contributed by atoms with van der Waals surface area (Å²) in [4.78, 5) is 18.5. The average Bonchev–Trinajstić information content (AvgIpc) is 2.44. The van der Waals surface area contributed by atoms with Crippen molar-refractivity contribution in [2.75, 3.05) is 25.0 Å². The molecule has 0 aliphatic heterocycles. The number of hydrogen-bond acceptors (Lipinski definition) is 3. The van der Waals surface area contributed by atoms with Gasteiger partial charge in [0, 0.05) is 31.5 Å². The second kappa shape index (κ2) is 8.51. The maximum Gasteiger partial charge on any atom is 0.272 e. The number of carbonyl (C=O) groups excluding carboxylic acids is 1. The van der Waals surface area contributed by atoms with Crippen LogP contribution in [0.1, 0.15) is 50.5 Å². The summed E-state index contributed by atoms with van der Waals surface area (Å²) >= 11 is 0. The molecule has 0 atom stereocenters. The normalized spacial score (nSPS) is 10.3. The summed E-state index contributed by atoms with van der Waals surface area (Å²) in [5, 5.41) is 3.28. The first kappa shape index (κ1) is 15.5. The molecule has 0 aromatic carbocycles. The van der Waals surface area contributed by atoms with Crippen LogP contribution in [0.3, 0.4) is 0 Å². The highest BCUT2D eigenvalue weighted by Crippen LogP contribution is 2.11. The third kappa shape index (κ3) is 4.89. The fourth-order valence-corrected chi connectivity index (χ4v) is 1.94. The van der Waals surface area contributed by atoms with Crippen molar-refractivity contribution >= 4 is 11.6 Å². The molecule has 0 radical (unpaired) electrons. The van der Waals surface area contributed by atoms with E-state index < -0.39 is 0 Å². The van der Waals surface area contributed by atoms with Crippen LogP contribution < -0.4 is 5.32 Å². The molecule has 1 aromatic rings. The van der Waals surface area contributed by atoms with Crippen molar-refractivity contribution in [2.45, 2.75) is 40.0 Å². The van der Waals surface area contributed by atoms with Gasteiger partial charge >= 0.3 is 0 Å². The van der Waals surface area contributed by atoms with Gasteiger partial charge in [-0.05, 0) is 31.4 Å². The molecule has 4 heteroatoms. The van der Waals surface area contributed by atoms with Crippen LogP contribution in [0.2, 0.25) is 0 Å². The molecule has 19 heavy (non-hydrogen) atoms. The number of amides is 1. The van der Waals surface area contributed by atoms with Gasteiger partial charge in [0.1, 0.15) is 5.69 Å². The molecule has 1 heterocycles. The number of pyridine rings is 1. The van der Waals surface area contributed by atoms with Crippen LogP contribution >= 0.6 is 0 Å². The van der Waals surface area contributed by atoms with Crippen LogP contribution in [-0.2, 0) is 0 Å². The molecule has 0 spiro atoms. The summed E-state index contributed by atoms with van der Waals surface area (Å²) in [5.41, 5.74) is 1.50. The van der Waals surface area contributed by atoms with E-state index in [1.165, 1.54) is 0 Å². The zero-order valence-electron chi connectivity index (χ0n) is 12.3. The molecule has 1 amide bonds. The van der Waals surface area contributed by atoms with Gasteiger partial charge in [0.05, 0.1) is 0 Å². The Labute approximate surface area is 116 Å². The standard InChI is InChI=1S/C15H25N3O/c1-4-8-16-13-7-9-17-14(12-13)15(19)18(10-5-2)11-6-3/h7,9,12H,4-6,8,10-11H2,1-3H3,(H,16,17). The number of anilines is 1. The largest absolute Gasteiger partial charge is 0.385 e. The third-order valence-electron chi connectivity index (χ3n) is 2.83. The van der Waals surface area contributed by atoms with Crippen LogP contribution in [0.5, 0.6) is 0 Å². The van der Waals surface area contributed by atoms with Gasteiger partial charge in [-0.25, -0.2) is 0 Å². The fraction of sp³-hybridized carbons (Fsp3) is 0.600. The molecule has 1 N–H and O–H groups in total. The van der Waals surface area contributed by atoms with Crippen molar-refractivity contribution in [1.29, 1.82) is 0 Å². The number of nitrogens with zero attached hydrogens (tertiary/aromatic N) is 2. The summed E-state index contributed by atoms with van der Waals surface area (Å²) in [7, 11) is 0. The summed E-state index contributed by atoms with van der Waals surface area (Å²) in [6, 6.07) is 3.74. The Bertz CT molecular complexity index is 387. The molecule has 106 valence electrons. The molecule has 4 nitrogen and oxygen atoms in total. The Morgan fingerprint density at radius 1 is 1.21 bits per heavy atom. The Morgan fingerprint density at radius 2 is 1.89 bits per heavy atom. The summed E-state index contributed by atoms with van der Waals surface area (Å²) in [5.74, 6) is 0.0313. The van der Waals surface area contributed by atoms with Crippen LogP contribution in [-0.4, -0.2) is 35.4 Å². The van der Waals surface area contributed by atoms with Gasteiger partial charge < -0.3 is 10.2 Å². The molecule has 0 fully saturated rings. The Morgan fingerprint density at radius 3 is 2.47 bits per heavy atom. The van der Waals surface area contributed by atoms with Crippen molar-refractivity contribution in [3.8, 4) is 0 Å². The summed E-state index contributed by atoms with van der Waals surface area (Å²) in [6.07, 6.45) is 4.70. The Hall–Kier alpha value is -1.58. The Balaban J connectivity index is 2.78. The topological polar surface area (TPSA) is 45.2 Å². The predicted octanol–water partition coefficient (Wildman–Crippen LogP) is 3.17. The minimum atomic E-state index is 0.0313. The van der Waals surface area contributed by atoms with Crippen molar-refractivity contribution in [3.63, 3.8) is 0 Å². The van der Waals surface area contributed by atoms with Crippen LogP contribution in [0.25, 0.3) is 0 Å². The first-order valence-electron chi connectivity index (χ1n) is 7.22. The molecule has 1 rings (SSSR count).